The molecule has 0 atom stereocenters. The molecule has 1 aromatic heterocycles. The Hall–Kier alpha value is -1.75. The quantitative estimate of drug-likeness (QED) is 0.843. The van der Waals surface area contributed by atoms with Gasteiger partial charge in [0.2, 0.25) is 0 Å². The Labute approximate surface area is 110 Å². The van der Waals surface area contributed by atoms with Crippen molar-refractivity contribution < 1.29 is 9.53 Å². The molecule has 5 heteroatoms. The number of nitrogens with two attached hydrogens (primary N) is 1. The van der Waals surface area contributed by atoms with Crippen molar-refractivity contribution in [3.05, 3.63) is 46.8 Å². The van der Waals surface area contributed by atoms with Crippen molar-refractivity contribution in [1.29, 1.82) is 0 Å². The number of pyridine rings is 1. The van der Waals surface area contributed by atoms with E-state index in [4.69, 9.17) is 10.5 Å². The highest BCUT2D eigenvalue weighted by Crippen LogP contribution is 2.33. The van der Waals surface area contributed by atoms with Crippen LogP contribution in [0.2, 0.25) is 0 Å². The number of carbonyl (C=O) groups excluding carboxylic acids is 1. The first-order valence-electron chi connectivity index (χ1n) is 5.62. The second-order valence-electron chi connectivity index (χ2n) is 3.70. The van der Waals surface area contributed by atoms with Crippen molar-refractivity contribution in [2.45, 2.75) is 6.92 Å². The third-order valence-corrected chi connectivity index (χ3v) is 3.38. The summed E-state index contributed by atoms with van der Waals surface area (Å²) in [5, 5.41) is 1.94. The van der Waals surface area contributed by atoms with Gasteiger partial charge in [0.1, 0.15) is 0 Å². The second-order valence-corrected chi connectivity index (χ2v) is 4.56. The van der Waals surface area contributed by atoms with Crippen LogP contribution in [-0.4, -0.2) is 23.3 Å². The van der Waals surface area contributed by atoms with Gasteiger partial charge in [0.05, 0.1) is 12.2 Å². The van der Waals surface area contributed by atoms with E-state index >= 15 is 0 Å². The monoisotopic (exact) mass is 262 g/mol. The molecule has 0 aromatic carbocycles. The number of rotatable bonds is 3. The maximum absolute atomic E-state index is 12.0. The smallest absolute Gasteiger partial charge is 0.340 e. The average molecular weight is 262 g/mol. The molecule has 2 heterocycles. The van der Waals surface area contributed by atoms with Gasteiger partial charge in [-0.2, -0.15) is 0 Å². The summed E-state index contributed by atoms with van der Waals surface area (Å²) in [4.78, 5) is 15.9. The fraction of sp³-hybridized carbons (Fsp3) is 0.231. The van der Waals surface area contributed by atoms with Crippen LogP contribution in [0.15, 0.2) is 41.2 Å². The van der Waals surface area contributed by atoms with Gasteiger partial charge < -0.3 is 10.5 Å². The summed E-state index contributed by atoms with van der Waals surface area (Å²) >= 11 is 1.57. The van der Waals surface area contributed by atoms with Gasteiger partial charge in [-0.3, -0.25) is 4.98 Å². The minimum atomic E-state index is -0.363. The Morgan fingerprint density at radius 2 is 2.22 bits per heavy atom. The number of nitrogens with zero attached hydrogens (tertiary/aromatic N) is 1. The Bertz CT molecular complexity index is 509. The van der Waals surface area contributed by atoms with Gasteiger partial charge in [-0.15, -0.1) is 11.8 Å². The van der Waals surface area contributed by atoms with E-state index in [9.17, 15) is 4.79 Å². The number of aromatic nitrogens is 1. The van der Waals surface area contributed by atoms with Crippen LogP contribution in [0.4, 0.5) is 0 Å². The number of esters is 1. The van der Waals surface area contributed by atoms with E-state index in [0.29, 0.717) is 23.6 Å². The standard InChI is InChI=1S/C13H14N2O2S/c1-2-17-13(16)12-10(7-18-8-11(12)14)9-3-5-15-6-4-9/h3-7H,2,8,14H2,1H3. The Balaban J connectivity index is 2.40. The summed E-state index contributed by atoms with van der Waals surface area (Å²) in [5.41, 5.74) is 8.71. The summed E-state index contributed by atoms with van der Waals surface area (Å²) in [5.74, 6) is 0.251. The summed E-state index contributed by atoms with van der Waals surface area (Å²) < 4.78 is 5.06. The normalized spacial score (nSPS) is 15.3. The van der Waals surface area contributed by atoms with Gasteiger partial charge >= 0.3 is 5.97 Å². The van der Waals surface area contributed by atoms with Gasteiger partial charge in [0, 0.05) is 29.4 Å². The fourth-order valence-electron chi connectivity index (χ4n) is 1.71. The molecule has 0 unspecified atom stereocenters. The van der Waals surface area contributed by atoms with E-state index in [2.05, 4.69) is 4.98 Å². The zero-order valence-electron chi connectivity index (χ0n) is 10.1. The van der Waals surface area contributed by atoms with Crippen LogP contribution >= 0.6 is 11.8 Å². The zero-order valence-corrected chi connectivity index (χ0v) is 10.9. The van der Waals surface area contributed by atoms with Crippen LogP contribution in [0.5, 0.6) is 0 Å². The molecule has 1 aliphatic rings. The SMILES string of the molecule is CCOC(=O)C1=C(N)CSC=C1c1ccncc1. The van der Waals surface area contributed by atoms with Gasteiger partial charge in [-0.1, -0.05) is 0 Å². The van der Waals surface area contributed by atoms with Gasteiger partial charge in [0.15, 0.2) is 0 Å². The lowest BCUT2D eigenvalue weighted by molar-refractivity contribution is -0.138. The summed E-state index contributed by atoms with van der Waals surface area (Å²) in [6, 6.07) is 3.70. The number of hydrogen-bond acceptors (Lipinski definition) is 5. The van der Waals surface area contributed by atoms with Crippen LogP contribution < -0.4 is 5.73 Å². The van der Waals surface area contributed by atoms with E-state index < -0.39 is 0 Å². The summed E-state index contributed by atoms with van der Waals surface area (Å²) in [7, 11) is 0. The molecule has 2 rings (SSSR count). The van der Waals surface area contributed by atoms with E-state index in [0.717, 1.165) is 11.1 Å². The van der Waals surface area contributed by atoms with E-state index in [-0.39, 0.29) is 5.97 Å². The summed E-state index contributed by atoms with van der Waals surface area (Å²) in [6.07, 6.45) is 3.38. The van der Waals surface area contributed by atoms with Crippen LogP contribution in [0.1, 0.15) is 12.5 Å². The molecule has 0 spiro atoms. The lowest BCUT2D eigenvalue weighted by Gasteiger charge is -2.18. The molecular weight excluding hydrogens is 248 g/mol. The van der Waals surface area contributed by atoms with Crippen molar-refractivity contribution in [3.63, 3.8) is 0 Å². The van der Waals surface area contributed by atoms with Crippen molar-refractivity contribution >= 4 is 23.3 Å². The first kappa shape index (κ1) is 12.7. The zero-order chi connectivity index (χ0) is 13.0. The first-order valence-corrected chi connectivity index (χ1v) is 6.67. The number of hydrogen-bond donors (Lipinski definition) is 1. The van der Waals surface area contributed by atoms with Crippen molar-refractivity contribution in [2.75, 3.05) is 12.4 Å². The molecule has 0 radical (unpaired) electrons. The van der Waals surface area contributed by atoms with Gasteiger partial charge in [-0.05, 0) is 30.0 Å². The molecule has 4 nitrogen and oxygen atoms in total. The predicted octanol–water partition coefficient (Wildman–Crippen LogP) is 1.95. The lowest BCUT2D eigenvalue weighted by atomic mass is 9.99. The highest BCUT2D eigenvalue weighted by atomic mass is 32.2. The molecular formula is C13H14N2O2S. The van der Waals surface area contributed by atoms with E-state index in [1.165, 1.54) is 0 Å². The molecule has 0 saturated heterocycles. The predicted molar refractivity (Wildman–Crippen MR) is 72.5 cm³/mol. The molecule has 0 amide bonds. The molecule has 1 aliphatic heterocycles. The minimum absolute atomic E-state index is 0.340. The van der Waals surface area contributed by atoms with Crippen LogP contribution in [0, 0.1) is 0 Å². The highest BCUT2D eigenvalue weighted by molar-refractivity contribution is 8.02. The molecule has 0 bridgehead atoms. The third-order valence-electron chi connectivity index (χ3n) is 2.50. The number of thioether (sulfide) groups is 1. The lowest BCUT2D eigenvalue weighted by Crippen LogP contribution is -2.18. The van der Waals surface area contributed by atoms with Crippen molar-refractivity contribution in [3.8, 4) is 0 Å². The molecule has 0 fully saturated rings. The minimum Gasteiger partial charge on any atom is -0.462 e. The third kappa shape index (κ3) is 2.56. The fourth-order valence-corrected chi connectivity index (χ4v) is 2.53. The van der Waals surface area contributed by atoms with Crippen LogP contribution in [0.25, 0.3) is 5.57 Å². The van der Waals surface area contributed by atoms with E-state index in [1.807, 2.05) is 17.5 Å². The maximum Gasteiger partial charge on any atom is 0.340 e. The van der Waals surface area contributed by atoms with Crippen LogP contribution in [0.3, 0.4) is 0 Å². The van der Waals surface area contributed by atoms with Crippen molar-refractivity contribution in [1.82, 2.24) is 4.98 Å². The van der Waals surface area contributed by atoms with Gasteiger partial charge in [0.25, 0.3) is 0 Å². The molecule has 0 aliphatic carbocycles. The topological polar surface area (TPSA) is 65.2 Å². The Kier molecular flexibility index (Phi) is 4.04. The Morgan fingerprint density at radius 3 is 2.89 bits per heavy atom. The second kappa shape index (κ2) is 5.73. The molecule has 94 valence electrons. The Morgan fingerprint density at radius 1 is 1.50 bits per heavy atom. The number of carbonyl (C=O) groups is 1. The van der Waals surface area contributed by atoms with Gasteiger partial charge in [-0.25, -0.2) is 4.79 Å². The number of ether oxygens (including phenoxy) is 1. The molecule has 1 aromatic rings. The molecule has 18 heavy (non-hydrogen) atoms. The maximum atomic E-state index is 12.0. The molecule has 0 saturated carbocycles. The summed E-state index contributed by atoms with van der Waals surface area (Å²) in [6.45, 7) is 2.12. The van der Waals surface area contributed by atoms with Crippen LogP contribution in [-0.2, 0) is 9.53 Å². The average Bonchev–Trinajstić information content (AvgIpc) is 2.39. The first-order chi connectivity index (χ1) is 8.74. The molecule has 2 N–H and O–H groups in total. The highest BCUT2D eigenvalue weighted by Gasteiger charge is 2.23. The van der Waals surface area contributed by atoms with Crippen molar-refractivity contribution in [2.24, 2.45) is 5.73 Å². The largest absolute Gasteiger partial charge is 0.462 e. The van der Waals surface area contributed by atoms with E-state index in [1.54, 1.807) is 31.1 Å².